The van der Waals surface area contributed by atoms with Gasteiger partial charge in [-0.15, -0.1) is 0 Å². The molecule has 8 heteroatoms. The lowest BCUT2D eigenvalue weighted by Crippen LogP contribution is -2.20. The standard InChI is InChI=1S/C21H22ClN3O4/c1-3-4-5-20-24-21(25-29-20)14-6-9-16(10-7-14)28-13-19(26)23-17-12-15(22)8-11-18(17)27-2/h6-12H,3-5,13H2,1-2H3,(H,23,26). The number of nitrogens with one attached hydrogen (secondary N) is 1. The maximum Gasteiger partial charge on any atom is 0.262 e. The number of aryl methyl sites for hydroxylation is 1. The predicted molar refractivity (Wildman–Crippen MR) is 110 cm³/mol. The largest absolute Gasteiger partial charge is 0.495 e. The Balaban J connectivity index is 1.55. The molecule has 0 saturated heterocycles. The van der Waals surface area contributed by atoms with Crippen molar-refractivity contribution in [2.24, 2.45) is 0 Å². The fraction of sp³-hybridized carbons (Fsp3) is 0.286. The molecular weight excluding hydrogens is 394 g/mol. The number of halogens is 1. The summed E-state index contributed by atoms with van der Waals surface area (Å²) in [6, 6.07) is 12.1. The summed E-state index contributed by atoms with van der Waals surface area (Å²) in [6.45, 7) is 1.96. The summed E-state index contributed by atoms with van der Waals surface area (Å²) < 4.78 is 16.0. The van der Waals surface area contributed by atoms with E-state index in [1.54, 1.807) is 30.3 Å². The van der Waals surface area contributed by atoms with Crippen LogP contribution in [-0.2, 0) is 11.2 Å². The van der Waals surface area contributed by atoms with Crippen LogP contribution in [0.5, 0.6) is 11.5 Å². The second-order valence-corrected chi connectivity index (χ2v) is 6.76. The van der Waals surface area contributed by atoms with Crippen LogP contribution in [0.1, 0.15) is 25.7 Å². The number of carbonyl (C=O) groups excluding carboxylic acids is 1. The lowest BCUT2D eigenvalue weighted by Gasteiger charge is -2.11. The monoisotopic (exact) mass is 415 g/mol. The first-order chi connectivity index (χ1) is 14.1. The summed E-state index contributed by atoms with van der Waals surface area (Å²) >= 11 is 5.97. The highest BCUT2D eigenvalue weighted by molar-refractivity contribution is 6.31. The van der Waals surface area contributed by atoms with Crippen molar-refractivity contribution in [3.05, 3.63) is 53.4 Å². The number of rotatable bonds is 9. The van der Waals surface area contributed by atoms with E-state index in [9.17, 15) is 4.79 Å². The van der Waals surface area contributed by atoms with Gasteiger partial charge in [0.25, 0.3) is 5.91 Å². The van der Waals surface area contributed by atoms with Crippen molar-refractivity contribution in [2.45, 2.75) is 26.2 Å². The van der Waals surface area contributed by atoms with Crippen LogP contribution in [0.15, 0.2) is 47.0 Å². The second kappa shape index (κ2) is 9.93. The van der Waals surface area contributed by atoms with Gasteiger partial charge in [-0.05, 0) is 48.9 Å². The lowest BCUT2D eigenvalue weighted by molar-refractivity contribution is -0.118. The normalized spacial score (nSPS) is 10.6. The smallest absolute Gasteiger partial charge is 0.262 e. The highest BCUT2D eigenvalue weighted by Gasteiger charge is 2.11. The van der Waals surface area contributed by atoms with Crippen LogP contribution < -0.4 is 14.8 Å². The number of unbranched alkanes of at least 4 members (excludes halogenated alkanes) is 1. The highest BCUT2D eigenvalue weighted by atomic mass is 35.5. The fourth-order valence-electron chi connectivity index (χ4n) is 2.61. The van der Waals surface area contributed by atoms with E-state index in [1.807, 2.05) is 12.1 Å². The Hall–Kier alpha value is -3.06. The number of methoxy groups -OCH3 is 1. The minimum atomic E-state index is -0.326. The summed E-state index contributed by atoms with van der Waals surface area (Å²) in [4.78, 5) is 16.6. The Kier molecular flexibility index (Phi) is 7.08. The molecular formula is C21H22ClN3O4. The third kappa shape index (κ3) is 5.71. The van der Waals surface area contributed by atoms with Gasteiger partial charge in [0.15, 0.2) is 6.61 Å². The minimum absolute atomic E-state index is 0.154. The fourth-order valence-corrected chi connectivity index (χ4v) is 2.79. The van der Waals surface area contributed by atoms with Gasteiger partial charge in [0.1, 0.15) is 11.5 Å². The Morgan fingerprint density at radius 2 is 2.00 bits per heavy atom. The van der Waals surface area contributed by atoms with Crippen LogP contribution in [0.25, 0.3) is 11.4 Å². The Labute approximate surface area is 174 Å². The molecule has 0 radical (unpaired) electrons. The Bertz CT molecular complexity index is 957. The van der Waals surface area contributed by atoms with Crippen LogP contribution in [0.3, 0.4) is 0 Å². The number of aromatic nitrogens is 2. The summed E-state index contributed by atoms with van der Waals surface area (Å²) in [5.41, 5.74) is 1.30. The number of nitrogens with zero attached hydrogens (tertiary/aromatic N) is 2. The molecule has 1 N–H and O–H groups in total. The first-order valence-electron chi connectivity index (χ1n) is 9.28. The first kappa shape index (κ1) is 20.7. The predicted octanol–water partition coefficient (Wildman–Crippen LogP) is 4.76. The van der Waals surface area contributed by atoms with E-state index in [4.69, 9.17) is 25.6 Å². The van der Waals surface area contributed by atoms with E-state index < -0.39 is 0 Å². The van der Waals surface area contributed by atoms with Gasteiger partial charge >= 0.3 is 0 Å². The molecule has 1 amide bonds. The molecule has 0 saturated carbocycles. The van der Waals surface area contributed by atoms with Crippen molar-refractivity contribution < 1.29 is 18.8 Å². The van der Waals surface area contributed by atoms with Gasteiger partial charge in [-0.2, -0.15) is 4.98 Å². The summed E-state index contributed by atoms with van der Waals surface area (Å²) in [5, 5.41) is 7.22. The molecule has 3 aromatic rings. The van der Waals surface area contributed by atoms with Crippen LogP contribution in [0, 0.1) is 0 Å². The number of benzene rings is 2. The second-order valence-electron chi connectivity index (χ2n) is 6.32. The van der Waals surface area contributed by atoms with E-state index >= 15 is 0 Å². The molecule has 7 nitrogen and oxygen atoms in total. The zero-order valence-electron chi connectivity index (χ0n) is 16.3. The molecule has 0 fully saturated rings. The molecule has 152 valence electrons. The van der Waals surface area contributed by atoms with Crippen molar-refractivity contribution in [1.29, 1.82) is 0 Å². The van der Waals surface area contributed by atoms with Gasteiger partial charge < -0.3 is 19.3 Å². The summed E-state index contributed by atoms with van der Waals surface area (Å²) in [5.74, 6) is 1.92. The molecule has 0 aliphatic rings. The highest BCUT2D eigenvalue weighted by Crippen LogP contribution is 2.27. The van der Waals surface area contributed by atoms with Crippen molar-refractivity contribution in [1.82, 2.24) is 10.1 Å². The number of amides is 1. The molecule has 1 heterocycles. The van der Waals surface area contributed by atoms with Gasteiger partial charge in [-0.3, -0.25) is 4.79 Å². The average molecular weight is 416 g/mol. The van der Waals surface area contributed by atoms with Gasteiger partial charge in [-0.25, -0.2) is 0 Å². The van der Waals surface area contributed by atoms with E-state index in [-0.39, 0.29) is 12.5 Å². The summed E-state index contributed by atoms with van der Waals surface area (Å²) in [7, 11) is 1.52. The number of carbonyl (C=O) groups is 1. The van der Waals surface area contributed by atoms with Crippen molar-refractivity contribution in [2.75, 3.05) is 19.0 Å². The van der Waals surface area contributed by atoms with Gasteiger partial charge in [0.2, 0.25) is 11.7 Å². The number of hydrogen-bond donors (Lipinski definition) is 1. The maximum absolute atomic E-state index is 12.2. The number of anilines is 1. The topological polar surface area (TPSA) is 86.5 Å². The first-order valence-corrected chi connectivity index (χ1v) is 9.66. The van der Waals surface area contributed by atoms with Crippen LogP contribution in [0.2, 0.25) is 5.02 Å². The SMILES string of the molecule is CCCCc1nc(-c2ccc(OCC(=O)Nc3cc(Cl)ccc3OC)cc2)no1. The molecule has 29 heavy (non-hydrogen) atoms. The average Bonchev–Trinajstić information content (AvgIpc) is 3.20. The zero-order valence-corrected chi connectivity index (χ0v) is 17.0. The molecule has 2 aromatic carbocycles. The van der Waals surface area contributed by atoms with Crippen LogP contribution >= 0.6 is 11.6 Å². The zero-order chi connectivity index (χ0) is 20.6. The number of ether oxygens (including phenoxy) is 2. The molecule has 3 rings (SSSR count). The van der Waals surface area contributed by atoms with Gasteiger partial charge in [-0.1, -0.05) is 30.1 Å². The molecule has 0 atom stereocenters. The molecule has 0 spiro atoms. The van der Waals surface area contributed by atoms with E-state index in [2.05, 4.69) is 22.4 Å². The van der Waals surface area contributed by atoms with E-state index in [0.29, 0.717) is 33.9 Å². The lowest BCUT2D eigenvalue weighted by atomic mass is 10.2. The van der Waals surface area contributed by atoms with E-state index in [1.165, 1.54) is 7.11 Å². The molecule has 0 aliphatic carbocycles. The minimum Gasteiger partial charge on any atom is -0.495 e. The Morgan fingerprint density at radius 1 is 1.21 bits per heavy atom. The van der Waals surface area contributed by atoms with Gasteiger partial charge in [0.05, 0.1) is 12.8 Å². The maximum atomic E-state index is 12.2. The van der Waals surface area contributed by atoms with Gasteiger partial charge in [0, 0.05) is 17.0 Å². The van der Waals surface area contributed by atoms with Crippen molar-refractivity contribution in [3.63, 3.8) is 0 Å². The van der Waals surface area contributed by atoms with Crippen LogP contribution in [0.4, 0.5) is 5.69 Å². The quantitative estimate of drug-likeness (QED) is 0.542. The molecule has 0 aliphatic heterocycles. The molecule has 1 aromatic heterocycles. The number of hydrogen-bond acceptors (Lipinski definition) is 6. The van der Waals surface area contributed by atoms with E-state index in [0.717, 1.165) is 24.8 Å². The molecule has 0 unspecified atom stereocenters. The summed E-state index contributed by atoms with van der Waals surface area (Å²) in [6.07, 6.45) is 2.86. The Morgan fingerprint density at radius 3 is 2.72 bits per heavy atom. The van der Waals surface area contributed by atoms with Crippen LogP contribution in [-0.4, -0.2) is 29.8 Å². The third-order valence-corrected chi connectivity index (χ3v) is 4.37. The van der Waals surface area contributed by atoms with Crippen molar-refractivity contribution >= 4 is 23.2 Å². The van der Waals surface area contributed by atoms with Crippen molar-refractivity contribution in [3.8, 4) is 22.9 Å². The molecule has 0 bridgehead atoms. The third-order valence-electron chi connectivity index (χ3n) is 4.13.